The van der Waals surface area contributed by atoms with Gasteiger partial charge >= 0.3 is 0 Å². The zero-order valence-corrected chi connectivity index (χ0v) is 9.51. The van der Waals surface area contributed by atoms with Gasteiger partial charge in [0.25, 0.3) is 0 Å². The van der Waals surface area contributed by atoms with E-state index in [1.165, 1.54) is 19.4 Å². The molecule has 0 bridgehead atoms. The van der Waals surface area contributed by atoms with Crippen molar-refractivity contribution in [2.45, 2.75) is 32.7 Å². The summed E-state index contributed by atoms with van der Waals surface area (Å²) in [7, 11) is 4.28. The van der Waals surface area contributed by atoms with Crippen LogP contribution >= 0.6 is 0 Å². The third-order valence-corrected chi connectivity index (χ3v) is 3.36. The van der Waals surface area contributed by atoms with Crippen LogP contribution in [0.3, 0.4) is 0 Å². The van der Waals surface area contributed by atoms with Crippen molar-refractivity contribution in [3.05, 3.63) is 0 Å². The van der Waals surface area contributed by atoms with Crippen molar-refractivity contribution in [3.8, 4) is 0 Å². The second-order valence-electron chi connectivity index (χ2n) is 4.65. The molecular formula is C11H24N2. The van der Waals surface area contributed by atoms with Gasteiger partial charge in [0, 0.05) is 12.6 Å². The maximum Gasteiger partial charge on any atom is 0.00760 e. The van der Waals surface area contributed by atoms with E-state index in [0.717, 1.165) is 24.4 Å². The molecule has 0 saturated heterocycles. The Bertz CT molecular complexity index is 147. The molecule has 1 rings (SSSR count). The molecule has 0 radical (unpaired) electrons. The molecule has 1 N–H and O–H groups in total. The maximum atomic E-state index is 3.20. The molecule has 1 saturated carbocycles. The lowest BCUT2D eigenvalue weighted by molar-refractivity contribution is 0.233. The van der Waals surface area contributed by atoms with Gasteiger partial charge in [0.1, 0.15) is 0 Å². The minimum Gasteiger partial charge on any atom is -0.320 e. The van der Waals surface area contributed by atoms with Crippen LogP contribution in [-0.2, 0) is 0 Å². The summed E-state index contributed by atoms with van der Waals surface area (Å²) in [6, 6.07) is 0.722. The first kappa shape index (κ1) is 11.0. The van der Waals surface area contributed by atoms with Crippen molar-refractivity contribution >= 4 is 0 Å². The second kappa shape index (κ2) is 4.97. The van der Waals surface area contributed by atoms with Gasteiger partial charge in [0.15, 0.2) is 0 Å². The molecule has 0 heterocycles. The summed E-state index contributed by atoms with van der Waals surface area (Å²) in [5.74, 6) is 1.97. The number of nitrogens with zero attached hydrogens (tertiary/aromatic N) is 1. The summed E-state index contributed by atoms with van der Waals surface area (Å²) >= 11 is 0. The number of hydrogen-bond acceptors (Lipinski definition) is 2. The highest BCUT2D eigenvalue weighted by Crippen LogP contribution is 2.38. The first-order valence-corrected chi connectivity index (χ1v) is 5.50. The Hall–Kier alpha value is -0.0800. The molecule has 1 fully saturated rings. The van der Waals surface area contributed by atoms with E-state index >= 15 is 0 Å². The van der Waals surface area contributed by atoms with Crippen molar-refractivity contribution in [1.82, 2.24) is 10.2 Å². The topological polar surface area (TPSA) is 15.3 Å². The lowest BCUT2D eigenvalue weighted by atomic mass is 10.2. The lowest BCUT2D eigenvalue weighted by Crippen LogP contribution is -2.33. The summed E-state index contributed by atoms with van der Waals surface area (Å²) in [4.78, 5) is 2.51. The molecule has 3 unspecified atom stereocenters. The van der Waals surface area contributed by atoms with Crippen LogP contribution in [0.15, 0.2) is 0 Å². The molecule has 2 heteroatoms. The van der Waals surface area contributed by atoms with Gasteiger partial charge in [-0.15, -0.1) is 0 Å². The fourth-order valence-electron chi connectivity index (χ4n) is 1.78. The van der Waals surface area contributed by atoms with E-state index < -0.39 is 0 Å². The quantitative estimate of drug-likeness (QED) is 0.674. The van der Waals surface area contributed by atoms with Gasteiger partial charge in [0.05, 0.1) is 0 Å². The molecule has 0 aromatic carbocycles. The average molecular weight is 184 g/mol. The molecule has 1 aliphatic rings. The van der Waals surface area contributed by atoms with Gasteiger partial charge in [-0.3, -0.25) is 0 Å². The van der Waals surface area contributed by atoms with Crippen LogP contribution in [0, 0.1) is 11.8 Å². The van der Waals surface area contributed by atoms with Crippen molar-refractivity contribution in [3.63, 3.8) is 0 Å². The first-order chi connectivity index (χ1) is 6.15. The van der Waals surface area contributed by atoms with Gasteiger partial charge in [0.2, 0.25) is 0 Å². The van der Waals surface area contributed by atoms with Crippen LogP contribution < -0.4 is 5.32 Å². The highest BCUT2D eigenvalue weighted by Gasteiger charge is 2.33. The maximum absolute atomic E-state index is 3.20. The molecule has 13 heavy (non-hydrogen) atoms. The molecule has 0 aliphatic heterocycles. The Morgan fingerprint density at radius 1 is 1.54 bits per heavy atom. The highest BCUT2D eigenvalue weighted by molar-refractivity contribution is 4.85. The minimum atomic E-state index is 0.722. The van der Waals surface area contributed by atoms with E-state index in [2.05, 4.69) is 31.1 Å². The monoisotopic (exact) mass is 184 g/mol. The largest absolute Gasteiger partial charge is 0.320 e. The molecule has 0 aromatic rings. The van der Waals surface area contributed by atoms with Gasteiger partial charge in [-0.25, -0.2) is 0 Å². The predicted molar refractivity (Wildman–Crippen MR) is 57.9 cm³/mol. The number of hydrogen-bond donors (Lipinski definition) is 1. The van der Waals surface area contributed by atoms with Gasteiger partial charge < -0.3 is 10.2 Å². The molecule has 78 valence electrons. The molecular weight excluding hydrogens is 160 g/mol. The zero-order valence-electron chi connectivity index (χ0n) is 9.51. The molecule has 0 spiro atoms. The van der Waals surface area contributed by atoms with E-state index in [-0.39, 0.29) is 0 Å². The number of rotatable bonds is 6. The van der Waals surface area contributed by atoms with Crippen molar-refractivity contribution in [1.29, 1.82) is 0 Å². The predicted octanol–water partition coefficient (Wildman–Crippen LogP) is 1.57. The Labute approximate surface area is 82.7 Å². The Kier molecular flexibility index (Phi) is 4.20. The fraction of sp³-hybridized carbons (Fsp3) is 1.00. The smallest absolute Gasteiger partial charge is 0.00760 e. The standard InChI is InChI=1S/C11H24N2/c1-9-7-11(9)8-13(4)10(2)5-6-12-3/h9-12H,5-8H2,1-4H3. The third kappa shape index (κ3) is 3.65. The van der Waals surface area contributed by atoms with Crippen molar-refractivity contribution in [2.24, 2.45) is 11.8 Å². The van der Waals surface area contributed by atoms with Crippen LogP contribution in [-0.4, -0.2) is 38.1 Å². The van der Waals surface area contributed by atoms with E-state index in [4.69, 9.17) is 0 Å². The normalized spacial score (nSPS) is 29.3. The summed E-state index contributed by atoms with van der Waals surface area (Å²) in [6.45, 7) is 7.11. The van der Waals surface area contributed by atoms with Crippen LogP contribution in [0.25, 0.3) is 0 Å². The highest BCUT2D eigenvalue weighted by atomic mass is 15.1. The summed E-state index contributed by atoms with van der Waals surface area (Å²) in [6.07, 6.45) is 2.71. The molecule has 2 nitrogen and oxygen atoms in total. The Balaban J connectivity index is 2.10. The van der Waals surface area contributed by atoms with Gasteiger partial charge in [-0.2, -0.15) is 0 Å². The first-order valence-electron chi connectivity index (χ1n) is 5.50. The van der Waals surface area contributed by atoms with E-state index in [1.807, 2.05) is 7.05 Å². The van der Waals surface area contributed by atoms with Gasteiger partial charge in [-0.05, 0) is 52.2 Å². The molecule has 3 atom stereocenters. The van der Waals surface area contributed by atoms with E-state index in [9.17, 15) is 0 Å². The SMILES string of the molecule is CNCCC(C)N(C)CC1CC1C. The Morgan fingerprint density at radius 3 is 2.62 bits per heavy atom. The number of nitrogens with one attached hydrogen (secondary N) is 1. The van der Waals surface area contributed by atoms with Crippen LogP contribution in [0.5, 0.6) is 0 Å². The Morgan fingerprint density at radius 2 is 2.15 bits per heavy atom. The fourth-order valence-corrected chi connectivity index (χ4v) is 1.78. The second-order valence-corrected chi connectivity index (χ2v) is 4.65. The third-order valence-electron chi connectivity index (χ3n) is 3.36. The minimum absolute atomic E-state index is 0.722. The molecule has 0 amide bonds. The van der Waals surface area contributed by atoms with Crippen LogP contribution in [0.2, 0.25) is 0 Å². The average Bonchev–Trinajstić information content (AvgIpc) is 2.77. The van der Waals surface area contributed by atoms with Crippen LogP contribution in [0.4, 0.5) is 0 Å². The summed E-state index contributed by atoms with van der Waals surface area (Å²) in [5, 5.41) is 3.20. The van der Waals surface area contributed by atoms with E-state index in [1.54, 1.807) is 0 Å². The summed E-state index contributed by atoms with van der Waals surface area (Å²) in [5.41, 5.74) is 0. The lowest BCUT2D eigenvalue weighted by Gasteiger charge is -2.24. The van der Waals surface area contributed by atoms with E-state index in [0.29, 0.717) is 0 Å². The van der Waals surface area contributed by atoms with Crippen molar-refractivity contribution in [2.75, 3.05) is 27.2 Å². The van der Waals surface area contributed by atoms with Crippen LogP contribution in [0.1, 0.15) is 26.7 Å². The van der Waals surface area contributed by atoms with Crippen molar-refractivity contribution < 1.29 is 0 Å². The molecule has 1 aliphatic carbocycles. The van der Waals surface area contributed by atoms with Gasteiger partial charge in [-0.1, -0.05) is 6.92 Å². The zero-order chi connectivity index (χ0) is 9.84. The molecule has 0 aromatic heterocycles. The summed E-state index contributed by atoms with van der Waals surface area (Å²) < 4.78 is 0.